The van der Waals surface area contributed by atoms with Crippen LogP contribution < -0.4 is 10.5 Å². The number of hydrogen-bond acceptors (Lipinski definition) is 3. The molecule has 1 aliphatic rings. The Morgan fingerprint density at radius 2 is 1.94 bits per heavy atom. The van der Waals surface area contributed by atoms with Crippen LogP contribution in [0.1, 0.15) is 46.0 Å². The molecule has 1 atom stereocenters. The molecule has 0 heterocycles. The van der Waals surface area contributed by atoms with Gasteiger partial charge in [0.2, 0.25) is 10.0 Å². The molecule has 4 nitrogen and oxygen atoms in total. The van der Waals surface area contributed by atoms with Crippen molar-refractivity contribution >= 4 is 27.2 Å². The monoisotopic (exact) mass is 278 g/mol. The van der Waals surface area contributed by atoms with Crippen molar-refractivity contribution in [3.05, 3.63) is 0 Å². The van der Waals surface area contributed by atoms with E-state index in [2.05, 4.69) is 11.6 Å². The molecule has 1 rings (SSSR count). The van der Waals surface area contributed by atoms with E-state index in [0.29, 0.717) is 12.3 Å². The molecule has 0 spiro atoms. The van der Waals surface area contributed by atoms with Crippen molar-refractivity contribution in [1.82, 2.24) is 4.72 Å². The number of hydrogen-bond donors (Lipinski definition) is 2. The van der Waals surface area contributed by atoms with E-state index in [0.717, 1.165) is 25.7 Å². The summed E-state index contributed by atoms with van der Waals surface area (Å²) in [5, 5.41) is -0.739. The van der Waals surface area contributed by atoms with Crippen LogP contribution >= 0.6 is 12.2 Å². The summed E-state index contributed by atoms with van der Waals surface area (Å²) in [6, 6.07) is 0.0552. The maximum absolute atomic E-state index is 12.1. The molecule has 0 aliphatic heterocycles. The fraction of sp³-hybridized carbons (Fsp3) is 0.909. The van der Waals surface area contributed by atoms with E-state index in [1.165, 1.54) is 0 Å². The highest BCUT2D eigenvalue weighted by atomic mass is 32.2. The first-order valence-corrected chi connectivity index (χ1v) is 8.12. The van der Waals surface area contributed by atoms with Gasteiger partial charge in [0.1, 0.15) is 5.25 Å². The minimum Gasteiger partial charge on any atom is -0.392 e. The van der Waals surface area contributed by atoms with Crippen molar-refractivity contribution < 1.29 is 8.42 Å². The molecule has 17 heavy (non-hydrogen) atoms. The van der Waals surface area contributed by atoms with Gasteiger partial charge in [-0.1, -0.05) is 26.1 Å². The van der Waals surface area contributed by atoms with E-state index >= 15 is 0 Å². The summed E-state index contributed by atoms with van der Waals surface area (Å²) < 4.78 is 26.9. The Bertz CT molecular complexity index is 360. The second-order valence-corrected chi connectivity index (χ2v) is 7.29. The Hall–Kier alpha value is -0.200. The topological polar surface area (TPSA) is 72.2 Å². The van der Waals surface area contributed by atoms with Crippen molar-refractivity contribution in [1.29, 1.82) is 0 Å². The van der Waals surface area contributed by atoms with Gasteiger partial charge in [-0.15, -0.1) is 0 Å². The Labute approximate surface area is 109 Å². The molecule has 0 amide bonds. The molecule has 0 aromatic carbocycles. The average molecular weight is 278 g/mol. The van der Waals surface area contributed by atoms with E-state index in [1.807, 2.05) is 0 Å². The third kappa shape index (κ3) is 4.19. The highest BCUT2D eigenvalue weighted by molar-refractivity contribution is 7.93. The van der Waals surface area contributed by atoms with Gasteiger partial charge in [-0.25, -0.2) is 13.1 Å². The molecular formula is C11H22N2O2S2. The van der Waals surface area contributed by atoms with Crippen LogP contribution in [0.4, 0.5) is 0 Å². The lowest BCUT2D eigenvalue weighted by molar-refractivity contribution is 0.331. The van der Waals surface area contributed by atoms with Gasteiger partial charge in [0.05, 0.1) is 4.99 Å². The molecule has 1 saturated carbocycles. The van der Waals surface area contributed by atoms with Crippen molar-refractivity contribution in [2.45, 2.75) is 57.2 Å². The van der Waals surface area contributed by atoms with Crippen molar-refractivity contribution in [3.63, 3.8) is 0 Å². The summed E-state index contributed by atoms with van der Waals surface area (Å²) >= 11 is 4.81. The zero-order valence-electron chi connectivity index (χ0n) is 10.5. The first-order chi connectivity index (χ1) is 7.86. The van der Waals surface area contributed by atoms with Gasteiger partial charge >= 0.3 is 0 Å². The van der Waals surface area contributed by atoms with Gasteiger partial charge in [-0.05, 0) is 38.0 Å². The van der Waals surface area contributed by atoms with Crippen LogP contribution in [0.25, 0.3) is 0 Å². The van der Waals surface area contributed by atoms with Crippen LogP contribution in [0, 0.1) is 5.92 Å². The van der Waals surface area contributed by atoms with E-state index in [4.69, 9.17) is 18.0 Å². The first kappa shape index (κ1) is 14.9. The third-order valence-corrected chi connectivity index (χ3v) is 5.84. The largest absolute Gasteiger partial charge is 0.392 e. The molecule has 0 saturated heterocycles. The number of nitrogens with two attached hydrogens (primary N) is 1. The molecule has 6 heteroatoms. The third-order valence-electron chi connectivity index (χ3n) is 3.41. The Balaban J connectivity index is 2.63. The number of rotatable bonds is 5. The van der Waals surface area contributed by atoms with Crippen LogP contribution in [0.15, 0.2) is 0 Å². The zero-order valence-corrected chi connectivity index (χ0v) is 12.1. The van der Waals surface area contributed by atoms with Crippen molar-refractivity contribution in [2.75, 3.05) is 0 Å². The van der Waals surface area contributed by atoms with Crippen molar-refractivity contribution in [2.24, 2.45) is 11.7 Å². The number of sulfonamides is 1. The van der Waals surface area contributed by atoms with E-state index < -0.39 is 15.3 Å². The number of nitrogens with one attached hydrogen (secondary N) is 1. The van der Waals surface area contributed by atoms with Gasteiger partial charge in [-0.2, -0.15) is 0 Å². The lowest BCUT2D eigenvalue weighted by atomic mass is 9.88. The fourth-order valence-corrected chi connectivity index (χ4v) is 4.42. The molecule has 1 fully saturated rings. The fourth-order valence-electron chi connectivity index (χ4n) is 2.27. The summed E-state index contributed by atoms with van der Waals surface area (Å²) in [4.78, 5) is 0.0594. The van der Waals surface area contributed by atoms with E-state index in [9.17, 15) is 8.42 Å². The standard InChI is InChI=1S/C11H22N2O2S2/c1-3-10(11(12)16)17(14,15)13-9-6-4-8(2)5-7-9/h8-10,13H,3-7H2,1-2H3,(H2,12,16). The molecular weight excluding hydrogens is 256 g/mol. The van der Waals surface area contributed by atoms with Crippen LogP contribution in [0.2, 0.25) is 0 Å². The highest BCUT2D eigenvalue weighted by Crippen LogP contribution is 2.24. The predicted molar refractivity (Wildman–Crippen MR) is 74.3 cm³/mol. The van der Waals surface area contributed by atoms with Gasteiger partial charge < -0.3 is 5.73 Å². The van der Waals surface area contributed by atoms with Crippen LogP contribution in [0.3, 0.4) is 0 Å². The first-order valence-electron chi connectivity index (χ1n) is 6.17. The van der Waals surface area contributed by atoms with Crippen LogP contribution in [-0.4, -0.2) is 24.7 Å². The van der Waals surface area contributed by atoms with Crippen LogP contribution in [0.5, 0.6) is 0 Å². The average Bonchev–Trinajstić information content (AvgIpc) is 2.21. The van der Waals surface area contributed by atoms with Crippen molar-refractivity contribution in [3.8, 4) is 0 Å². The normalized spacial score (nSPS) is 27.6. The Morgan fingerprint density at radius 1 is 1.41 bits per heavy atom. The Kier molecular flexibility index (Phi) is 5.34. The minimum atomic E-state index is -3.41. The number of thiocarbonyl (C=S) groups is 1. The highest BCUT2D eigenvalue weighted by Gasteiger charge is 2.30. The van der Waals surface area contributed by atoms with Gasteiger partial charge in [-0.3, -0.25) is 0 Å². The minimum absolute atomic E-state index is 0.0552. The predicted octanol–water partition coefficient (Wildman–Crippen LogP) is 1.55. The smallest absolute Gasteiger partial charge is 0.221 e. The Morgan fingerprint density at radius 3 is 2.35 bits per heavy atom. The lowest BCUT2D eigenvalue weighted by Gasteiger charge is -2.28. The maximum Gasteiger partial charge on any atom is 0.221 e. The quantitative estimate of drug-likeness (QED) is 0.748. The van der Waals surface area contributed by atoms with Gasteiger partial charge in [0.25, 0.3) is 0 Å². The summed E-state index contributed by atoms with van der Waals surface area (Å²) in [6.45, 7) is 3.99. The zero-order chi connectivity index (χ0) is 13.1. The molecule has 3 N–H and O–H groups in total. The summed E-state index contributed by atoms with van der Waals surface area (Å²) in [7, 11) is -3.41. The molecule has 0 aromatic rings. The van der Waals surface area contributed by atoms with E-state index in [1.54, 1.807) is 6.92 Å². The molecule has 1 aliphatic carbocycles. The molecule has 100 valence electrons. The molecule has 0 aromatic heterocycles. The van der Waals surface area contributed by atoms with E-state index in [-0.39, 0.29) is 11.0 Å². The summed E-state index contributed by atoms with van der Waals surface area (Å²) in [6.07, 6.45) is 4.41. The summed E-state index contributed by atoms with van der Waals surface area (Å²) in [5.74, 6) is 0.702. The molecule has 0 bridgehead atoms. The summed E-state index contributed by atoms with van der Waals surface area (Å²) in [5.41, 5.74) is 5.47. The van der Waals surface area contributed by atoms with Crippen LogP contribution in [-0.2, 0) is 10.0 Å². The molecule has 1 unspecified atom stereocenters. The second-order valence-electron chi connectivity index (χ2n) is 4.92. The van der Waals surface area contributed by atoms with Gasteiger partial charge in [0.15, 0.2) is 0 Å². The maximum atomic E-state index is 12.1. The molecule has 0 radical (unpaired) electrons. The second kappa shape index (κ2) is 6.11. The lowest BCUT2D eigenvalue weighted by Crippen LogP contribution is -2.46. The SMILES string of the molecule is CCC(C(N)=S)S(=O)(=O)NC1CCC(C)CC1. The van der Waals surface area contributed by atoms with Gasteiger partial charge in [0, 0.05) is 6.04 Å².